The Morgan fingerprint density at radius 1 is 1.13 bits per heavy atom. The van der Waals surface area contributed by atoms with Crippen LogP contribution >= 0.6 is 0 Å². The number of ether oxygens (including phenoxy) is 1. The number of ketones is 1. The molecule has 0 saturated heterocycles. The second-order valence-corrected chi connectivity index (χ2v) is 14.8. The zero-order chi connectivity index (χ0) is 32.9. The molecule has 0 aromatic heterocycles. The van der Waals surface area contributed by atoms with E-state index < -0.39 is 52.2 Å². The highest BCUT2D eigenvalue weighted by atomic mass is 16.5. The first-order valence-corrected chi connectivity index (χ1v) is 15.9. The largest absolute Gasteiger partial charge is 0.510 e. The molecule has 7 atom stereocenters. The van der Waals surface area contributed by atoms with Gasteiger partial charge in [0, 0.05) is 44.9 Å². The van der Waals surface area contributed by atoms with Crippen molar-refractivity contribution in [1.29, 1.82) is 5.41 Å². The fourth-order valence-corrected chi connectivity index (χ4v) is 9.85. The number of phenolic OH excluding ortho intramolecular Hbond substituents is 1. The second kappa shape index (κ2) is 10.6. The van der Waals surface area contributed by atoms with Crippen LogP contribution in [-0.2, 0) is 22.5 Å². The van der Waals surface area contributed by atoms with E-state index in [0.29, 0.717) is 29.9 Å². The maximum atomic E-state index is 14.3. The average Bonchev–Trinajstić information content (AvgIpc) is 3.49. The van der Waals surface area contributed by atoms with Crippen molar-refractivity contribution >= 4 is 23.1 Å². The first kappa shape index (κ1) is 31.6. The summed E-state index contributed by atoms with van der Waals surface area (Å²) in [7, 11) is 8.61. The number of fused-ring (bicyclic) bond motifs is 4. The minimum atomic E-state index is -1.89. The van der Waals surface area contributed by atoms with E-state index in [1.165, 1.54) is 20.0 Å². The van der Waals surface area contributed by atoms with E-state index >= 15 is 0 Å². The number of nitrogens with two attached hydrogens (primary N) is 1. The van der Waals surface area contributed by atoms with E-state index in [2.05, 4.69) is 19.2 Å². The van der Waals surface area contributed by atoms with Gasteiger partial charge in [-0.25, -0.2) is 0 Å². The molecule has 1 aromatic rings. The average molecular weight is 622 g/mol. The van der Waals surface area contributed by atoms with Crippen molar-refractivity contribution in [3.8, 4) is 5.75 Å². The molecule has 11 heteroatoms. The number of amides is 1. The first-order chi connectivity index (χ1) is 21.1. The van der Waals surface area contributed by atoms with Gasteiger partial charge < -0.3 is 41.4 Å². The fourth-order valence-electron chi connectivity index (χ4n) is 9.85. The van der Waals surface area contributed by atoms with Crippen LogP contribution in [0.3, 0.4) is 0 Å². The quantitative estimate of drug-likeness (QED) is 0.255. The highest BCUT2D eigenvalue weighted by molar-refractivity contribution is 6.26. The van der Waals surface area contributed by atoms with Crippen LogP contribution in [0, 0.1) is 40.4 Å². The Labute approximate surface area is 264 Å². The van der Waals surface area contributed by atoms with Crippen molar-refractivity contribution in [2.45, 2.75) is 57.7 Å². The molecule has 3 fully saturated rings. The van der Waals surface area contributed by atoms with Crippen LogP contribution in [0.2, 0.25) is 0 Å². The van der Waals surface area contributed by atoms with Gasteiger partial charge in [-0.05, 0) is 92.6 Å². The molecule has 11 nitrogen and oxygen atoms in total. The smallest absolute Gasteiger partial charge is 0.254 e. The summed E-state index contributed by atoms with van der Waals surface area (Å²) in [5.41, 5.74) is 5.87. The van der Waals surface area contributed by atoms with Gasteiger partial charge in [0.25, 0.3) is 5.91 Å². The van der Waals surface area contributed by atoms with E-state index in [1.54, 1.807) is 25.1 Å². The van der Waals surface area contributed by atoms with Gasteiger partial charge in [-0.2, -0.15) is 0 Å². The number of nitrogens with zero attached hydrogens (tertiary/aromatic N) is 2. The Balaban J connectivity index is 1.40. The van der Waals surface area contributed by atoms with Crippen molar-refractivity contribution in [3.63, 3.8) is 0 Å². The first-order valence-electron chi connectivity index (χ1n) is 15.9. The molecule has 1 aromatic carbocycles. The molecule has 2 unspecified atom stereocenters. The predicted molar refractivity (Wildman–Crippen MR) is 171 cm³/mol. The second-order valence-electron chi connectivity index (χ2n) is 14.8. The summed E-state index contributed by atoms with van der Waals surface area (Å²) in [6.45, 7) is 6.20. The van der Waals surface area contributed by atoms with Crippen molar-refractivity contribution in [3.05, 3.63) is 45.4 Å². The molecule has 244 valence electrons. The van der Waals surface area contributed by atoms with Gasteiger partial charge in [-0.15, -0.1) is 0 Å². The zero-order valence-corrected chi connectivity index (χ0v) is 27.3. The minimum Gasteiger partial charge on any atom is -0.510 e. The molecule has 6 aliphatic carbocycles. The topological polar surface area (TPSA) is 172 Å². The number of methoxy groups -OCH3 is 1. The number of aromatic hydroxyl groups is 1. The number of Topliss-reactive ketones (excluding diaryl/α,β-unsaturated/α-hetero) is 1. The minimum absolute atomic E-state index is 0.0572. The lowest BCUT2D eigenvalue weighted by molar-refractivity contribution is -0.115. The molecule has 6 aliphatic rings. The molecular weight excluding hydrogens is 574 g/mol. The predicted octanol–water partition coefficient (Wildman–Crippen LogP) is 3.06. The van der Waals surface area contributed by atoms with Crippen LogP contribution in [-0.4, -0.2) is 91.1 Å². The Morgan fingerprint density at radius 2 is 1.82 bits per heavy atom. The number of benzene rings is 1. The maximum Gasteiger partial charge on any atom is 0.254 e. The summed E-state index contributed by atoms with van der Waals surface area (Å²) in [4.78, 5) is 30.4. The molecule has 7 N–H and O–H groups in total. The van der Waals surface area contributed by atoms with Crippen molar-refractivity contribution in [2.75, 3.05) is 46.7 Å². The number of phenols is 1. The summed E-state index contributed by atoms with van der Waals surface area (Å²) in [5.74, 6) is -1.55. The molecule has 2 bridgehead atoms. The van der Waals surface area contributed by atoms with Crippen molar-refractivity contribution in [2.24, 2.45) is 40.7 Å². The molecule has 0 spiro atoms. The number of likely N-dealkylation sites (N-methyl/N-ethyl adjacent to an activating group) is 1. The Kier molecular flexibility index (Phi) is 7.41. The summed E-state index contributed by atoms with van der Waals surface area (Å²) in [6.07, 6.45) is 3.18. The van der Waals surface area contributed by atoms with E-state index in [-0.39, 0.29) is 29.1 Å². The number of carbonyl (C=O) groups is 2. The van der Waals surface area contributed by atoms with Crippen LogP contribution in [0.5, 0.6) is 5.75 Å². The summed E-state index contributed by atoms with van der Waals surface area (Å²) in [5, 5.41) is 47.1. The maximum absolute atomic E-state index is 14.3. The number of hydrogen-bond donors (Lipinski definition) is 6. The molecule has 0 aliphatic heterocycles. The number of allylic oxidation sites excluding steroid dienone is 1. The van der Waals surface area contributed by atoms with Crippen molar-refractivity contribution in [1.82, 2.24) is 10.2 Å². The van der Waals surface area contributed by atoms with Gasteiger partial charge in [-0.1, -0.05) is 13.8 Å². The number of aliphatic hydroxyl groups is 2. The van der Waals surface area contributed by atoms with Gasteiger partial charge >= 0.3 is 0 Å². The number of rotatable bonds is 8. The third-order valence-electron chi connectivity index (χ3n) is 12.0. The van der Waals surface area contributed by atoms with E-state index in [4.69, 9.17) is 15.9 Å². The molecular formula is C34H47N5O6. The fraction of sp³-hybridized carbons (Fsp3) is 0.618. The van der Waals surface area contributed by atoms with Crippen molar-refractivity contribution < 1.29 is 29.6 Å². The monoisotopic (exact) mass is 621 g/mol. The van der Waals surface area contributed by atoms with Gasteiger partial charge in [0.15, 0.2) is 11.4 Å². The SMILES string of the molecule is CO[C@@]12C(=N)C(C(N)=O)=C(O)[C@@H](N(C)C)[C@@H]1C[C@@H]1Cc3c(c(O)cc(CNC[C@H]4CC5CC4C5(C)C)c3N(C)C)C(=O)C1=C2O. The zero-order valence-electron chi connectivity index (χ0n) is 27.3. The summed E-state index contributed by atoms with van der Waals surface area (Å²) >= 11 is 0. The van der Waals surface area contributed by atoms with E-state index in [0.717, 1.165) is 29.6 Å². The number of primary amides is 1. The lowest BCUT2D eigenvalue weighted by Gasteiger charge is -2.53. The third-order valence-corrected chi connectivity index (χ3v) is 12.0. The molecule has 1 amide bonds. The molecule has 0 heterocycles. The van der Waals surface area contributed by atoms with Crippen LogP contribution in [0.25, 0.3) is 0 Å². The van der Waals surface area contributed by atoms with Crippen LogP contribution in [0.4, 0.5) is 5.69 Å². The third kappa shape index (κ3) is 4.23. The molecule has 7 rings (SSSR count). The van der Waals surface area contributed by atoms with Gasteiger partial charge in [-0.3, -0.25) is 14.5 Å². The van der Waals surface area contributed by atoms with Crippen LogP contribution in [0.15, 0.2) is 28.7 Å². The highest BCUT2D eigenvalue weighted by Crippen LogP contribution is 2.64. The number of aliphatic hydroxyl groups excluding tert-OH is 2. The summed E-state index contributed by atoms with van der Waals surface area (Å²) < 4.78 is 5.88. The number of nitrogens with one attached hydrogen (secondary N) is 2. The van der Waals surface area contributed by atoms with Gasteiger partial charge in [0.1, 0.15) is 22.8 Å². The molecule has 0 radical (unpaired) electrons. The number of carbonyl (C=O) groups excluding carboxylic acids is 2. The Hall–Kier alpha value is -3.41. The van der Waals surface area contributed by atoms with E-state index in [9.17, 15) is 24.9 Å². The number of hydrogen-bond acceptors (Lipinski definition) is 10. The Bertz CT molecular complexity index is 1560. The van der Waals surface area contributed by atoms with E-state index in [1.807, 2.05) is 19.0 Å². The summed E-state index contributed by atoms with van der Waals surface area (Å²) in [6, 6.07) is 0.829. The van der Waals surface area contributed by atoms with Crippen LogP contribution in [0.1, 0.15) is 54.6 Å². The normalized spacial score (nSPS) is 33.2. The standard InChI is InChI=1S/C34H47N5O6/c1-33(2)18-8-16(20(33)12-18)13-37-14-17-11-22(40)24-19(26(17)38(3)4)9-15-10-21-27(39(5)6)29(42)25(32(36)44)30(35)34(21,45-7)31(43)23(15)28(24)41/h11,15-16,18,20-21,27,35,37,40,42-43H,8-10,12-14H2,1-7H3,(H2,36,44)/t15-,16+,18?,20?,21-,27-,34+/m0/s1. The number of anilines is 1. The van der Waals surface area contributed by atoms with Gasteiger partial charge in [0.2, 0.25) is 0 Å². The Morgan fingerprint density at radius 3 is 2.36 bits per heavy atom. The van der Waals surface area contributed by atoms with Gasteiger partial charge in [0.05, 0.1) is 17.3 Å². The molecule has 3 saturated carbocycles. The van der Waals surface area contributed by atoms with Crippen LogP contribution < -0.4 is 16.0 Å². The lowest BCUT2D eigenvalue weighted by Crippen LogP contribution is -2.64. The molecule has 45 heavy (non-hydrogen) atoms. The highest BCUT2D eigenvalue weighted by Gasteiger charge is 2.63. The lowest BCUT2D eigenvalue weighted by atomic mass is 9.58.